The molecule has 1 fully saturated rings. The number of aliphatic hydroxyl groups excluding tert-OH is 2. The molecule has 2 aromatic carbocycles. The van der Waals surface area contributed by atoms with Crippen molar-refractivity contribution in [2.75, 3.05) is 38.1 Å². The van der Waals surface area contributed by atoms with E-state index in [9.17, 15) is 23.4 Å². The van der Waals surface area contributed by atoms with Crippen molar-refractivity contribution >= 4 is 11.4 Å². The lowest BCUT2D eigenvalue weighted by molar-refractivity contribution is -0.160. The van der Waals surface area contributed by atoms with Gasteiger partial charge >= 0.3 is 0 Å². The number of aryl methyl sites for hydroxylation is 1. The van der Waals surface area contributed by atoms with E-state index >= 15 is 0 Å². The number of anilines is 2. The van der Waals surface area contributed by atoms with E-state index in [0.717, 1.165) is 11.6 Å². The maximum atomic E-state index is 14.6. The number of aliphatic hydroxyl groups is 3. The van der Waals surface area contributed by atoms with Crippen LogP contribution >= 0.6 is 0 Å². The fourth-order valence-corrected chi connectivity index (χ4v) is 3.51. The van der Waals surface area contributed by atoms with E-state index in [1.54, 1.807) is 6.07 Å². The van der Waals surface area contributed by atoms with Crippen LogP contribution in [0.2, 0.25) is 0 Å². The number of hydrogen-bond acceptors (Lipinski definition) is 6. The second-order valence-electron chi connectivity index (χ2n) is 7.52. The van der Waals surface area contributed by atoms with Crippen LogP contribution in [0.3, 0.4) is 0 Å². The molecule has 2 aromatic rings. The Kier molecular flexibility index (Phi) is 6.99. The highest BCUT2D eigenvalue weighted by Crippen LogP contribution is 2.36. The van der Waals surface area contributed by atoms with Gasteiger partial charge < -0.3 is 26.0 Å². The highest BCUT2D eigenvalue weighted by molar-refractivity contribution is 5.65. The van der Waals surface area contributed by atoms with Crippen molar-refractivity contribution < 1.29 is 28.5 Å². The van der Waals surface area contributed by atoms with Crippen molar-refractivity contribution in [2.45, 2.75) is 25.2 Å². The van der Waals surface area contributed by atoms with Crippen LogP contribution in [0.1, 0.15) is 24.3 Å². The average molecular weight is 425 g/mol. The van der Waals surface area contributed by atoms with Gasteiger partial charge in [0.05, 0.1) is 18.0 Å². The maximum absolute atomic E-state index is 14.6. The first-order valence-corrected chi connectivity index (χ1v) is 9.77. The van der Waals surface area contributed by atoms with E-state index in [2.05, 4.69) is 10.6 Å². The van der Waals surface area contributed by atoms with Gasteiger partial charge in [-0.05, 0) is 36.2 Å². The smallest absolute Gasteiger partial charge is 0.182 e. The van der Waals surface area contributed by atoms with Crippen LogP contribution < -0.4 is 10.6 Å². The number of nitrogens with zero attached hydrogens (tertiary/aromatic N) is 1. The second-order valence-corrected chi connectivity index (χ2v) is 7.52. The third-order valence-corrected chi connectivity index (χ3v) is 5.19. The predicted octanol–water partition coefficient (Wildman–Crippen LogP) is 2.03. The molecule has 0 aromatic heterocycles. The molecule has 1 aliphatic rings. The summed E-state index contributed by atoms with van der Waals surface area (Å²) in [5, 5.41) is 35.3. The van der Waals surface area contributed by atoms with Crippen LogP contribution in [0.25, 0.3) is 0 Å². The summed E-state index contributed by atoms with van der Waals surface area (Å²) < 4.78 is 42.8. The Morgan fingerprint density at radius 1 is 1.13 bits per heavy atom. The standard InChI is InChI=1S/C21H26F3N3O3/c1-2-13-3-6-17(16(23)9-13)26-19-14(4-5-15(22)18(19)24)20(29)27-11-21(30,12-27)10-25-7-8-28/h3-6,9,20,25-26,28-30H,2,7-8,10-12H2,1H3. The zero-order valence-electron chi connectivity index (χ0n) is 16.6. The highest BCUT2D eigenvalue weighted by atomic mass is 19.2. The summed E-state index contributed by atoms with van der Waals surface area (Å²) in [4.78, 5) is 1.48. The van der Waals surface area contributed by atoms with E-state index in [0.29, 0.717) is 13.0 Å². The van der Waals surface area contributed by atoms with Gasteiger partial charge in [0, 0.05) is 31.7 Å². The van der Waals surface area contributed by atoms with Gasteiger partial charge in [0.2, 0.25) is 0 Å². The van der Waals surface area contributed by atoms with E-state index in [1.807, 2.05) is 6.92 Å². The molecule has 1 saturated heterocycles. The molecule has 3 rings (SSSR count). The number of benzene rings is 2. The van der Waals surface area contributed by atoms with Crippen molar-refractivity contribution in [3.8, 4) is 0 Å². The van der Waals surface area contributed by atoms with Crippen LogP contribution in [0.5, 0.6) is 0 Å². The molecule has 0 radical (unpaired) electrons. The van der Waals surface area contributed by atoms with Crippen LogP contribution in [0.15, 0.2) is 30.3 Å². The molecule has 0 saturated carbocycles. The zero-order valence-corrected chi connectivity index (χ0v) is 16.6. The molecule has 30 heavy (non-hydrogen) atoms. The first-order valence-electron chi connectivity index (χ1n) is 9.77. The van der Waals surface area contributed by atoms with Crippen molar-refractivity contribution in [1.29, 1.82) is 0 Å². The maximum Gasteiger partial charge on any atom is 0.182 e. The van der Waals surface area contributed by atoms with Gasteiger partial charge in [-0.1, -0.05) is 13.0 Å². The molecule has 1 aliphatic heterocycles. The molecule has 0 amide bonds. The number of nitrogens with one attached hydrogen (secondary N) is 2. The Hall–Kier alpha value is -2.17. The largest absolute Gasteiger partial charge is 0.395 e. The fraction of sp³-hybridized carbons (Fsp3) is 0.429. The van der Waals surface area contributed by atoms with E-state index < -0.39 is 29.3 Å². The van der Waals surface area contributed by atoms with Crippen molar-refractivity contribution in [3.63, 3.8) is 0 Å². The minimum absolute atomic E-state index is 0.0261. The average Bonchev–Trinajstić information content (AvgIpc) is 2.70. The van der Waals surface area contributed by atoms with Gasteiger partial charge in [0.15, 0.2) is 11.6 Å². The summed E-state index contributed by atoms with van der Waals surface area (Å²) in [5.41, 5.74) is -0.728. The number of halogens is 3. The summed E-state index contributed by atoms with van der Waals surface area (Å²) in [6.07, 6.45) is -0.709. The van der Waals surface area contributed by atoms with Gasteiger partial charge in [-0.2, -0.15) is 0 Å². The van der Waals surface area contributed by atoms with Gasteiger partial charge in [-0.25, -0.2) is 13.2 Å². The highest BCUT2D eigenvalue weighted by Gasteiger charge is 2.44. The molecular weight excluding hydrogens is 399 g/mol. The fourth-order valence-electron chi connectivity index (χ4n) is 3.51. The van der Waals surface area contributed by atoms with E-state index in [-0.39, 0.29) is 43.2 Å². The number of β-amino-alcohol motifs (C(OH)–C–C–N with tert-alkyl or cyclic N) is 1. The van der Waals surface area contributed by atoms with Crippen LogP contribution in [0.4, 0.5) is 24.5 Å². The minimum Gasteiger partial charge on any atom is -0.395 e. The Morgan fingerprint density at radius 3 is 2.50 bits per heavy atom. The van der Waals surface area contributed by atoms with Crippen molar-refractivity contribution in [2.24, 2.45) is 0 Å². The van der Waals surface area contributed by atoms with E-state index in [4.69, 9.17) is 5.11 Å². The summed E-state index contributed by atoms with van der Waals surface area (Å²) >= 11 is 0. The van der Waals surface area contributed by atoms with Crippen LogP contribution in [-0.4, -0.2) is 58.6 Å². The molecular formula is C21H26F3N3O3. The summed E-state index contributed by atoms with van der Waals surface area (Å²) in [6, 6.07) is 6.54. The quantitative estimate of drug-likeness (QED) is 0.395. The van der Waals surface area contributed by atoms with Gasteiger partial charge in [-0.15, -0.1) is 0 Å². The van der Waals surface area contributed by atoms with Crippen molar-refractivity contribution in [3.05, 3.63) is 58.9 Å². The Labute approximate surface area is 173 Å². The summed E-state index contributed by atoms with van der Waals surface area (Å²) in [6.45, 7) is 2.52. The lowest BCUT2D eigenvalue weighted by Gasteiger charge is -2.48. The lowest BCUT2D eigenvalue weighted by atomic mass is 9.92. The molecule has 0 aliphatic carbocycles. The Morgan fingerprint density at radius 2 is 1.87 bits per heavy atom. The normalized spacial score (nSPS) is 16.9. The van der Waals surface area contributed by atoms with E-state index in [1.165, 1.54) is 23.1 Å². The monoisotopic (exact) mass is 425 g/mol. The first kappa shape index (κ1) is 22.5. The van der Waals surface area contributed by atoms with Crippen LogP contribution in [0, 0.1) is 17.5 Å². The number of rotatable bonds is 9. The predicted molar refractivity (Wildman–Crippen MR) is 107 cm³/mol. The van der Waals surface area contributed by atoms with Crippen molar-refractivity contribution in [1.82, 2.24) is 10.2 Å². The first-order chi connectivity index (χ1) is 14.3. The SMILES string of the molecule is CCc1ccc(Nc2c(C(O)N3CC(O)(CNCCO)C3)ccc(F)c2F)c(F)c1. The number of likely N-dealkylation sites (tertiary alicyclic amines) is 1. The Bertz CT molecular complexity index is 891. The molecule has 0 spiro atoms. The molecule has 1 atom stereocenters. The number of hydrogen-bond donors (Lipinski definition) is 5. The third-order valence-electron chi connectivity index (χ3n) is 5.19. The topological polar surface area (TPSA) is 88.0 Å². The molecule has 1 heterocycles. The molecule has 6 nitrogen and oxygen atoms in total. The van der Waals surface area contributed by atoms with Gasteiger partial charge in [-0.3, -0.25) is 4.90 Å². The molecule has 164 valence electrons. The van der Waals surface area contributed by atoms with Gasteiger partial charge in [0.25, 0.3) is 0 Å². The lowest BCUT2D eigenvalue weighted by Crippen LogP contribution is -2.66. The molecule has 9 heteroatoms. The molecule has 1 unspecified atom stereocenters. The molecule has 5 N–H and O–H groups in total. The third kappa shape index (κ3) is 4.76. The zero-order chi connectivity index (χ0) is 21.9. The summed E-state index contributed by atoms with van der Waals surface area (Å²) in [7, 11) is 0. The Balaban J connectivity index is 1.80. The van der Waals surface area contributed by atoms with Crippen LogP contribution in [-0.2, 0) is 6.42 Å². The summed E-state index contributed by atoms with van der Waals surface area (Å²) in [5.74, 6) is -2.98. The van der Waals surface area contributed by atoms with Gasteiger partial charge in [0.1, 0.15) is 17.6 Å². The second kappa shape index (κ2) is 9.32. The molecule has 0 bridgehead atoms. The minimum atomic E-state index is -1.33.